The van der Waals surface area contributed by atoms with Crippen LogP contribution in [0.4, 0.5) is 8.78 Å². The fraction of sp³-hybridized carbons (Fsp3) is 0.750. The van der Waals surface area contributed by atoms with Crippen LogP contribution in [0.1, 0.15) is 19.8 Å². The third-order valence-electron chi connectivity index (χ3n) is 2.05. The van der Waals surface area contributed by atoms with Crippen molar-refractivity contribution in [2.45, 2.75) is 26.2 Å². The number of alkyl halides is 2. The second-order valence-corrected chi connectivity index (χ2v) is 3.10. The summed E-state index contributed by atoms with van der Waals surface area (Å²) in [5.74, 6) is -2.80. The van der Waals surface area contributed by atoms with Crippen molar-refractivity contribution in [2.75, 3.05) is 0 Å². The fourth-order valence-electron chi connectivity index (χ4n) is 1.05. The highest BCUT2D eigenvalue weighted by Crippen LogP contribution is 2.32. The molecule has 1 unspecified atom stereocenters. The van der Waals surface area contributed by atoms with E-state index < -0.39 is 18.1 Å². The molecule has 1 saturated carbocycles. The van der Waals surface area contributed by atoms with Crippen LogP contribution >= 0.6 is 0 Å². The Hall–Kier alpha value is -0.800. The van der Waals surface area contributed by atoms with E-state index in [-0.39, 0.29) is 11.7 Å². The van der Waals surface area contributed by atoms with Crippen molar-refractivity contribution in [3.63, 3.8) is 0 Å². The van der Waals surface area contributed by atoms with Crippen molar-refractivity contribution >= 4 is 11.6 Å². The SMILES string of the molecule is CC(C(=O)C(F)F)C(=O)C1CC1. The number of hydrogen-bond acceptors (Lipinski definition) is 2. The summed E-state index contributed by atoms with van der Waals surface area (Å²) in [6.45, 7) is 1.26. The summed E-state index contributed by atoms with van der Waals surface area (Å²) < 4.78 is 23.6. The molecule has 0 heterocycles. The third-order valence-corrected chi connectivity index (χ3v) is 2.05. The molecule has 0 radical (unpaired) electrons. The van der Waals surface area contributed by atoms with E-state index in [0.717, 1.165) is 12.8 Å². The summed E-state index contributed by atoms with van der Waals surface area (Å²) in [5.41, 5.74) is 0. The van der Waals surface area contributed by atoms with Gasteiger partial charge in [-0.3, -0.25) is 9.59 Å². The van der Waals surface area contributed by atoms with Gasteiger partial charge in [0.25, 0.3) is 6.43 Å². The summed E-state index contributed by atoms with van der Waals surface area (Å²) in [4.78, 5) is 21.7. The molecule has 0 bridgehead atoms. The molecule has 0 aromatic heterocycles. The van der Waals surface area contributed by atoms with E-state index in [0.29, 0.717) is 0 Å². The summed E-state index contributed by atoms with van der Waals surface area (Å²) >= 11 is 0. The standard InChI is InChI=1S/C8H10F2O2/c1-4(7(12)8(9)10)6(11)5-2-3-5/h4-5,8H,2-3H2,1H3. The van der Waals surface area contributed by atoms with Crippen LogP contribution in [0.2, 0.25) is 0 Å². The summed E-state index contributed by atoms with van der Waals surface area (Å²) in [5, 5.41) is 0. The zero-order valence-electron chi connectivity index (χ0n) is 6.72. The summed E-state index contributed by atoms with van der Waals surface area (Å²) in [6.07, 6.45) is -1.51. The van der Waals surface area contributed by atoms with Gasteiger partial charge in [-0.2, -0.15) is 0 Å². The lowest BCUT2D eigenvalue weighted by Gasteiger charge is -2.06. The first-order valence-electron chi connectivity index (χ1n) is 3.89. The molecule has 1 aliphatic rings. The Morgan fingerprint density at radius 1 is 1.33 bits per heavy atom. The third kappa shape index (κ3) is 1.87. The van der Waals surface area contributed by atoms with Crippen LogP contribution in [0, 0.1) is 11.8 Å². The Morgan fingerprint density at radius 2 is 1.83 bits per heavy atom. The monoisotopic (exact) mass is 176 g/mol. The van der Waals surface area contributed by atoms with Crippen LogP contribution in [0.15, 0.2) is 0 Å². The van der Waals surface area contributed by atoms with E-state index in [2.05, 4.69) is 0 Å². The van der Waals surface area contributed by atoms with Crippen LogP contribution in [-0.4, -0.2) is 18.0 Å². The van der Waals surface area contributed by atoms with Crippen molar-refractivity contribution in [1.29, 1.82) is 0 Å². The molecule has 1 fully saturated rings. The lowest BCUT2D eigenvalue weighted by Crippen LogP contribution is -2.27. The van der Waals surface area contributed by atoms with E-state index in [1.165, 1.54) is 6.92 Å². The molecule has 1 aliphatic carbocycles. The van der Waals surface area contributed by atoms with Gasteiger partial charge in [-0.15, -0.1) is 0 Å². The number of rotatable bonds is 4. The molecule has 1 atom stereocenters. The molecular weight excluding hydrogens is 166 g/mol. The number of carbonyl (C=O) groups is 2. The predicted octanol–water partition coefficient (Wildman–Crippen LogP) is 1.44. The minimum Gasteiger partial charge on any atom is -0.299 e. The normalized spacial score (nSPS) is 19.3. The second-order valence-electron chi connectivity index (χ2n) is 3.10. The average molecular weight is 176 g/mol. The van der Waals surface area contributed by atoms with Gasteiger partial charge in [-0.05, 0) is 19.8 Å². The number of hydrogen-bond donors (Lipinski definition) is 0. The minimum absolute atomic E-state index is 0.123. The molecule has 4 heteroatoms. The van der Waals surface area contributed by atoms with E-state index >= 15 is 0 Å². The van der Waals surface area contributed by atoms with Crippen LogP contribution in [-0.2, 0) is 9.59 Å². The Morgan fingerprint density at radius 3 is 2.17 bits per heavy atom. The van der Waals surface area contributed by atoms with Gasteiger partial charge in [0, 0.05) is 5.92 Å². The van der Waals surface area contributed by atoms with Crippen LogP contribution in [0.25, 0.3) is 0 Å². The highest BCUT2D eigenvalue weighted by molar-refractivity contribution is 6.04. The maximum atomic E-state index is 11.8. The van der Waals surface area contributed by atoms with E-state index in [4.69, 9.17) is 0 Å². The van der Waals surface area contributed by atoms with Gasteiger partial charge < -0.3 is 0 Å². The van der Waals surface area contributed by atoms with Crippen LogP contribution in [0.5, 0.6) is 0 Å². The Labute approximate surface area is 68.9 Å². The Kier molecular flexibility index (Phi) is 2.55. The molecule has 2 nitrogen and oxygen atoms in total. The van der Waals surface area contributed by atoms with Crippen molar-refractivity contribution in [3.05, 3.63) is 0 Å². The minimum atomic E-state index is -3.01. The zero-order valence-corrected chi connectivity index (χ0v) is 6.72. The lowest BCUT2D eigenvalue weighted by atomic mass is 9.98. The van der Waals surface area contributed by atoms with Gasteiger partial charge in [0.05, 0.1) is 5.92 Å². The van der Waals surface area contributed by atoms with Gasteiger partial charge >= 0.3 is 0 Å². The lowest BCUT2D eigenvalue weighted by molar-refractivity contribution is -0.139. The Bertz CT molecular complexity index is 195. The first kappa shape index (κ1) is 9.29. The quantitative estimate of drug-likeness (QED) is 0.607. The average Bonchev–Trinajstić information content (AvgIpc) is 2.82. The van der Waals surface area contributed by atoms with Crippen LogP contribution < -0.4 is 0 Å². The second kappa shape index (κ2) is 3.29. The predicted molar refractivity (Wildman–Crippen MR) is 37.9 cm³/mol. The zero-order chi connectivity index (χ0) is 9.30. The van der Waals surface area contributed by atoms with Gasteiger partial charge in [0.15, 0.2) is 0 Å². The van der Waals surface area contributed by atoms with Crippen LogP contribution in [0.3, 0.4) is 0 Å². The molecule has 0 spiro atoms. The van der Waals surface area contributed by atoms with E-state index in [9.17, 15) is 18.4 Å². The highest BCUT2D eigenvalue weighted by atomic mass is 19.3. The molecule has 1 rings (SSSR count). The molecule has 0 saturated heterocycles. The molecule has 0 aliphatic heterocycles. The first-order valence-corrected chi connectivity index (χ1v) is 3.89. The molecule has 0 N–H and O–H groups in total. The molecule has 0 aromatic rings. The molecule has 0 aromatic carbocycles. The molecule has 12 heavy (non-hydrogen) atoms. The van der Waals surface area contributed by atoms with Gasteiger partial charge in [-0.1, -0.05) is 0 Å². The smallest absolute Gasteiger partial charge is 0.296 e. The topological polar surface area (TPSA) is 34.1 Å². The highest BCUT2D eigenvalue weighted by Gasteiger charge is 2.37. The fourth-order valence-corrected chi connectivity index (χ4v) is 1.05. The first-order chi connectivity index (χ1) is 5.54. The van der Waals surface area contributed by atoms with E-state index in [1.54, 1.807) is 0 Å². The summed E-state index contributed by atoms with van der Waals surface area (Å²) in [6, 6.07) is 0. The summed E-state index contributed by atoms with van der Waals surface area (Å²) in [7, 11) is 0. The van der Waals surface area contributed by atoms with Crippen molar-refractivity contribution in [1.82, 2.24) is 0 Å². The van der Waals surface area contributed by atoms with Crippen molar-refractivity contribution in [2.24, 2.45) is 11.8 Å². The molecule has 68 valence electrons. The van der Waals surface area contributed by atoms with Crippen molar-refractivity contribution in [3.8, 4) is 0 Å². The van der Waals surface area contributed by atoms with Gasteiger partial charge in [-0.25, -0.2) is 8.78 Å². The number of carbonyl (C=O) groups excluding carboxylic acids is 2. The number of Topliss-reactive ketones (excluding diaryl/α,β-unsaturated/α-hetero) is 2. The largest absolute Gasteiger partial charge is 0.299 e. The van der Waals surface area contributed by atoms with E-state index in [1.807, 2.05) is 0 Å². The Balaban J connectivity index is 2.50. The maximum Gasteiger partial charge on any atom is 0.296 e. The molecule has 0 amide bonds. The van der Waals surface area contributed by atoms with Crippen molar-refractivity contribution < 1.29 is 18.4 Å². The van der Waals surface area contributed by atoms with Gasteiger partial charge in [0.1, 0.15) is 5.78 Å². The number of ketones is 2. The molecular formula is C8H10F2O2. The van der Waals surface area contributed by atoms with Gasteiger partial charge in [0.2, 0.25) is 5.78 Å². The number of halogens is 2. The maximum absolute atomic E-state index is 11.8.